The van der Waals surface area contributed by atoms with Crippen LogP contribution in [0.25, 0.3) is 10.9 Å². The van der Waals surface area contributed by atoms with Crippen LogP contribution in [0.4, 0.5) is 14.5 Å². The number of ether oxygens (including phenoxy) is 3. The van der Waals surface area contributed by atoms with Crippen molar-refractivity contribution < 1.29 is 32.6 Å². The molecular weight excluding hydrogens is 558 g/mol. The quantitative estimate of drug-likeness (QED) is 0.223. The molecule has 0 aliphatic carbocycles. The van der Waals surface area contributed by atoms with Crippen LogP contribution in [0, 0.1) is 17.6 Å². The molecule has 4 aromatic rings. The normalized spacial score (nSPS) is 13.4. The molecule has 3 aromatic carbocycles. The molecular formula is C32H32F2N4O5. The lowest BCUT2D eigenvalue weighted by Gasteiger charge is -2.23. The molecule has 43 heavy (non-hydrogen) atoms. The highest BCUT2D eigenvalue weighted by molar-refractivity contribution is 6.39. The van der Waals surface area contributed by atoms with E-state index in [1.54, 1.807) is 36.4 Å². The second-order valence-corrected chi connectivity index (χ2v) is 10.1. The van der Waals surface area contributed by atoms with Crippen LogP contribution < -0.4 is 30.2 Å². The summed E-state index contributed by atoms with van der Waals surface area (Å²) in [6.07, 6.45) is 3.84. The Balaban J connectivity index is 1.22. The monoisotopic (exact) mass is 590 g/mol. The van der Waals surface area contributed by atoms with Gasteiger partial charge in [0.25, 0.3) is 0 Å². The molecule has 224 valence electrons. The fourth-order valence-corrected chi connectivity index (χ4v) is 4.86. The number of piperidine rings is 1. The average molecular weight is 591 g/mol. The van der Waals surface area contributed by atoms with E-state index in [9.17, 15) is 14.0 Å². The summed E-state index contributed by atoms with van der Waals surface area (Å²) in [7, 11) is 1.54. The number of hydrogen-bond donors (Lipinski definition) is 3. The molecule has 3 N–H and O–H groups in total. The third-order valence-electron chi connectivity index (χ3n) is 7.18. The van der Waals surface area contributed by atoms with Crippen LogP contribution in [-0.4, -0.2) is 50.1 Å². The number of halogens is 2. The van der Waals surface area contributed by atoms with Crippen molar-refractivity contribution >= 4 is 28.4 Å². The zero-order valence-corrected chi connectivity index (χ0v) is 23.6. The third-order valence-corrected chi connectivity index (χ3v) is 7.18. The molecule has 0 radical (unpaired) electrons. The fraction of sp³-hybridized carbons (Fsp3) is 0.281. The maximum Gasteiger partial charge on any atom is 0.313 e. The van der Waals surface area contributed by atoms with Crippen molar-refractivity contribution in [1.82, 2.24) is 15.6 Å². The summed E-state index contributed by atoms with van der Waals surface area (Å²) in [6.45, 7) is 2.58. The van der Waals surface area contributed by atoms with Crippen molar-refractivity contribution in [2.45, 2.75) is 19.3 Å². The largest absolute Gasteiger partial charge is 0.491 e. The van der Waals surface area contributed by atoms with Gasteiger partial charge in [0.2, 0.25) is 0 Å². The number of fused-ring (bicyclic) bond motifs is 1. The highest BCUT2D eigenvalue weighted by Gasteiger charge is 2.19. The van der Waals surface area contributed by atoms with Crippen molar-refractivity contribution in [1.29, 1.82) is 0 Å². The molecule has 0 bridgehead atoms. The second-order valence-electron chi connectivity index (χ2n) is 10.1. The minimum Gasteiger partial charge on any atom is -0.491 e. The van der Waals surface area contributed by atoms with Gasteiger partial charge in [-0.1, -0.05) is 18.2 Å². The predicted octanol–water partition coefficient (Wildman–Crippen LogP) is 4.99. The highest BCUT2D eigenvalue weighted by Crippen LogP contribution is 2.40. The first kappa shape index (κ1) is 29.7. The predicted molar refractivity (Wildman–Crippen MR) is 158 cm³/mol. The van der Waals surface area contributed by atoms with Gasteiger partial charge >= 0.3 is 11.8 Å². The molecule has 0 saturated carbocycles. The summed E-state index contributed by atoms with van der Waals surface area (Å²) in [4.78, 5) is 28.9. The number of aromatic nitrogens is 1. The third kappa shape index (κ3) is 7.36. The van der Waals surface area contributed by atoms with Gasteiger partial charge in [-0.3, -0.25) is 14.6 Å². The number of hydrogen-bond acceptors (Lipinski definition) is 7. The van der Waals surface area contributed by atoms with E-state index in [4.69, 9.17) is 14.2 Å². The van der Waals surface area contributed by atoms with E-state index in [1.165, 1.54) is 31.5 Å². The van der Waals surface area contributed by atoms with Crippen molar-refractivity contribution in [2.75, 3.05) is 38.7 Å². The first-order chi connectivity index (χ1) is 20.9. The van der Waals surface area contributed by atoms with E-state index in [0.29, 0.717) is 46.2 Å². The Morgan fingerprint density at radius 3 is 2.51 bits per heavy atom. The number of pyridine rings is 1. The SMILES string of the molecule is COc1c(OCC2CCNCC2)ccc2c(Oc3ccc(NC(=O)C(=O)NCCc4ccccc4F)cc3F)ccnc12. The molecule has 1 aromatic heterocycles. The average Bonchev–Trinajstić information content (AvgIpc) is 3.02. The van der Waals surface area contributed by atoms with Gasteiger partial charge in [-0.05, 0) is 80.2 Å². The molecule has 0 unspecified atom stereocenters. The maximum absolute atomic E-state index is 15.0. The summed E-state index contributed by atoms with van der Waals surface area (Å²) in [5.74, 6) is -1.30. The minimum absolute atomic E-state index is 0.0604. The van der Waals surface area contributed by atoms with Crippen LogP contribution in [0.3, 0.4) is 0 Å². The first-order valence-electron chi connectivity index (χ1n) is 14.0. The number of carbonyl (C=O) groups is 2. The van der Waals surface area contributed by atoms with Gasteiger partial charge in [0.15, 0.2) is 23.1 Å². The van der Waals surface area contributed by atoms with E-state index in [0.717, 1.165) is 32.0 Å². The summed E-state index contributed by atoms with van der Waals surface area (Å²) in [6, 6.07) is 15.2. The number of nitrogens with one attached hydrogen (secondary N) is 3. The van der Waals surface area contributed by atoms with Crippen LogP contribution in [-0.2, 0) is 16.0 Å². The Morgan fingerprint density at radius 2 is 1.74 bits per heavy atom. The standard InChI is InChI=1S/C32H32F2N4O5/c1-41-30-28(42-19-20-10-14-35-15-11-20)9-7-23-26(13-17-36-29(23)30)43-27-8-6-22(18-25(27)34)38-32(40)31(39)37-16-12-21-4-2-3-5-24(21)33/h2-9,13,17-18,20,35H,10-12,14-16,19H2,1H3,(H,37,39)(H,38,40). The van der Waals surface area contributed by atoms with Gasteiger partial charge < -0.3 is 30.2 Å². The van der Waals surface area contributed by atoms with Crippen LogP contribution >= 0.6 is 0 Å². The van der Waals surface area contributed by atoms with Crippen LogP contribution in [0.15, 0.2) is 66.9 Å². The molecule has 1 aliphatic rings. The molecule has 1 fully saturated rings. The Bertz CT molecular complexity index is 1610. The highest BCUT2D eigenvalue weighted by atomic mass is 19.1. The van der Waals surface area contributed by atoms with Crippen molar-refractivity contribution in [3.05, 3.63) is 84.1 Å². The van der Waals surface area contributed by atoms with Crippen LogP contribution in [0.5, 0.6) is 23.0 Å². The lowest BCUT2D eigenvalue weighted by molar-refractivity contribution is -0.136. The van der Waals surface area contributed by atoms with E-state index in [-0.39, 0.29) is 30.2 Å². The van der Waals surface area contributed by atoms with E-state index in [2.05, 4.69) is 20.9 Å². The Hall–Kier alpha value is -4.77. The second kappa shape index (κ2) is 13.9. The number of benzene rings is 3. The maximum atomic E-state index is 15.0. The Morgan fingerprint density at radius 1 is 0.953 bits per heavy atom. The minimum atomic E-state index is -0.980. The molecule has 9 nitrogen and oxygen atoms in total. The van der Waals surface area contributed by atoms with Crippen LogP contribution in [0.1, 0.15) is 18.4 Å². The number of methoxy groups -OCH3 is 1. The lowest BCUT2D eigenvalue weighted by Crippen LogP contribution is -2.36. The summed E-state index contributed by atoms with van der Waals surface area (Å²) in [5.41, 5.74) is 0.992. The number of carbonyl (C=O) groups excluding carboxylic acids is 2. The van der Waals surface area contributed by atoms with Crippen molar-refractivity contribution in [3.63, 3.8) is 0 Å². The molecule has 1 saturated heterocycles. The van der Waals surface area contributed by atoms with Gasteiger partial charge in [-0.15, -0.1) is 0 Å². The van der Waals surface area contributed by atoms with E-state index in [1.807, 2.05) is 0 Å². The molecule has 5 rings (SSSR count). The van der Waals surface area contributed by atoms with Crippen LogP contribution in [0.2, 0.25) is 0 Å². The van der Waals surface area contributed by atoms with Gasteiger partial charge in [0.1, 0.15) is 17.1 Å². The van der Waals surface area contributed by atoms with Crippen molar-refractivity contribution in [2.24, 2.45) is 5.92 Å². The van der Waals surface area contributed by atoms with E-state index >= 15 is 4.39 Å². The zero-order chi connectivity index (χ0) is 30.2. The number of nitrogens with zero attached hydrogens (tertiary/aromatic N) is 1. The van der Waals surface area contributed by atoms with Gasteiger partial charge in [-0.2, -0.15) is 0 Å². The topological polar surface area (TPSA) is 111 Å². The number of rotatable bonds is 10. The Kier molecular flexibility index (Phi) is 9.63. The summed E-state index contributed by atoms with van der Waals surface area (Å²) < 4.78 is 46.4. The van der Waals surface area contributed by atoms with Gasteiger partial charge in [0.05, 0.1) is 13.7 Å². The molecule has 1 aliphatic heterocycles. The summed E-state index contributed by atoms with van der Waals surface area (Å²) in [5, 5.41) is 8.72. The zero-order valence-electron chi connectivity index (χ0n) is 23.6. The van der Waals surface area contributed by atoms with Crippen molar-refractivity contribution in [3.8, 4) is 23.0 Å². The van der Waals surface area contributed by atoms with Gasteiger partial charge in [0, 0.05) is 29.9 Å². The smallest absolute Gasteiger partial charge is 0.313 e. The fourth-order valence-electron chi connectivity index (χ4n) is 4.86. The molecule has 2 heterocycles. The first-order valence-corrected chi connectivity index (χ1v) is 14.0. The molecule has 0 atom stereocenters. The summed E-state index contributed by atoms with van der Waals surface area (Å²) >= 11 is 0. The molecule has 2 amide bonds. The number of amides is 2. The van der Waals surface area contributed by atoms with Gasteiger partial charge in [-0.25, -0.2) is 8.78 Å². The molecule has 11 heteroatoms. The Labute approximate surface area is 247 Å². The van der Waals surface area contributed by atoms with E-state index < -0.39 is 17.6 Å². The molecule has 0 spiro atoms. The lowest BCUT2D eigenvalue weighted by atomic mass is 9.99. The number of anilines is 1.